The van der Waals surface area contributed by atoms with Crippen molar-refractivity contribution in [2.45, 2.75) is 6.92 Å². The van der Waals surface area contributed by atoms with Crippen LogP contribution in [0.25, 0.3) is 32.8 Å². The average molecular weight is 403 g/mol. The highest BCUT2D eigenvalue weighted by Gasteiger charge is 2.21. The lowest BCUT2D eigenvalue weighted by Gasteiger charge is -2.11. The SMILES string of the molecule is COC(=O)Nn1c(C)c(-c2ccc(C(=O)OC)cc2N)c2c3ccccc3ccc21. The zero-order chi connectivity index (χ0) is 21.4. The summed E-state index contributed by atoms with van der Waals surface area (Å²) in [5.74, 6) is -0.454. The van der Waals surface area contributed by atoms with Crippen molar-refractivity contribution in [2.75, 3.05) is 25.4 Å². The molecule has 0 spiro atoms. The molecule has 1 heterocycles. The third-order valence-corrected chi connectivity index (χ3v) is 5.23. The molecule has 0 bridgehead atoms. The number of amides is 1. The minimum absolute atomic E-state index is 0.373. The Balaban J connectivity index is 2.06. The molecule has 30 heavy (non-hydrogen) atoms. The summed E-state index contributed by atoms with van der Waals surface area (Å²) in [6.45, 7) is 1.90. The van der Waals surface area contributed by atoms with E-state index in [1.165, 1.54) is 14.2 Å². The molecule has 0 fully saturated rings. The molecule has 4 rings (SSSR count). The molecule has 7 heteroatoms. The van der Waals surface area contributed by atoms with E-state index in [0.717, 1.165) is 38.5 Å². The van der Waals surface area contributed by atoms with Crippen molar-refractivity contribution in [2.24, 2.45) is 0 Å². The minimum Gasteiger partial charge on any atom is -0.465 e. The number of esters is 1. The smallest absolute Gasteiger partial charge is 0.426 e. The van der Waals surface area contributed by atoms with Gasteiger partial charge < -0.3 is 15.2 Å². The van der Waals surface area contributed by atoms with E-state index in [1.807, 2.05) is 43.3 Å². The Morgan fingerprint density at radius 1 is 1.00 bits per heavy atom. The molecule has 0 saturated carbocycles. The van der Waals surface area contributed by atoms with Crippen LogP contribution in [0.2, 0.25) is 0 Å². The number of ether oxygens (including phenoxy) is 2. The molecular weight excluding hydrogens is 382 g/mol. The second kappa shape index (κ2) is 7.44. The van der Waals surface area contributed by atoms with E-state index in [1.54, 1.807) is 22.9 Å². The molecule has 1 aromatic heterocycles. The van der Waals surface area contributed by atoms with Gasteiger partial charge in [0.2, 0.25) is 0 Å². The third kappa shape index (κ3) is 3.00. The number of carbonyl (C=O) groups is 2. The number of methoxy groups -OCH3 is 2. The van der Waals surface area contributed by atoms with E-state index in [0.29, 0.717) is 11.3 Å². The largest absolute Gasteiger partial charge is 0.465 e. The van der Waals surface area contributed by atoms with E-state index in [-0.39, 0.29) is 0 Å². The van der Waals surface area contributed by atoms with Crippen LogP contribution >= 0.6 is 0 Å². The molecule has 3 aromatic carbocycles. The van der Waals surface area contributed by atoms with Gasteiger partial charge in [-0.1, -0.05) is 36.4 Å². The molecule has 1 amide bonds. The van der Waals surface area contributed by atoms with Crippen LogP contribution in [-0.2, 0) is 9.47 Å². The van der Waals surface area contributed by atoms with Gasteiger partial charge in [0.25, 0.3) is 0 Å². The maximum absolute atomic E-state index is 12.0. The van der Waals surface area contributed by atoms with Gasteiger partial charge in [-0.05, 0) is 35.9 Å². The summed E-state index contributed by atoms with van der Waals surface area (Å²) in [5.41, 5.74) is 13.1. The summed E-state index contributed by atoms with van der Waals surface area (Å²) in [5, 5.41) is 3.03. The van der Waals surface area contributed by atoms with Gasteiger partial charge in [0.05, 0.1) is 25.3 Å². The topological polar surface area (TPSA) is 95.6 Å². The lowest BCUT2D eigenvalue weighted by Crippen LogP contribution is -2.23. The van der Waals surface area contributed by atoms with E-state index >= 15 is 0 Å². The molecule has 0 aliphatic heterocycles. The van der Waals surface area contributed by atoms with Gasteiger partial charge >= 0.3 is 12.1 Å². The highest BCUT2D eigenvalue weighted by Crippen LogP contribution is 2.41. The highest BCUT2D eigenvalue weighted by molar-refractivity contribution is 6.16. The van der Waals surface area contributed by atoms with E-state index in [2.05, 4.69) is 5.43 Å². The number of hydrogen-bond donors (Lipinski definition) is 2. The normalized spacial score (nSPS) is 10.9. The Morgan fingerprint density at radius 3 is 2.47 bits per heavy atom. The summed E-state index contributed by atoms with van der Waals surface area (Å²) in [6.07, 6.45) is -0.580. The van der Waals surface area contributed by atoms with Gasteiger partial charge in [0.15, 0.2) is 0 Å². The first kappa shape index (κ1) is 19.3. The van der Waals surface area contributed by atoms with Crippen LogP contribution in [0.5, 0.6) is 0 Å². The Kier molecular flexibility index (Phi) is 4.79. The van der Waals surface area contributed by atoms with Gasteiger partial charge in [0, 0.05) is 27.9 Å². The van der Waals surface area contributed by atoms with Gasteiger partial charge in [-0.25, -0.2) is 15.0 Å². The number of nitrogens with zero attached hydrogens (tertiary/aromatic N) is 1. The monoisotopic (exact) mass is 403 g/mol. The summed E-state index contributed by atoms with van der Waals surface area (Å²) >= 11 is 0. The second-order valence-electron chi connectivity index (χ2n) is 6.87. The number of anilines is 1. The minimum atomic E-state index is -0.580. The predicted octanol–water partition coefficient (Wildman–Crippen LogP) is 4.45. The number of hydrogen-bond acceptors (Lipinski definition) is 5. The number of fused-ring (bicyclic) bond motifs is 3. The number of nitrogens with two attached hydrogens (primary N) is 1. The van der Waals surface area contributed by atoms with E-state index < -0.39 is 12.1 Å². The Labute approximate surface area is 173 Å². The fourth-order valence-corrected chi connectivity index (χ4v) is 3.83. The summed E-state index contributed by atoms with van der Waals surface area (Å²) in [6, 6.07) is 17.0. The standard InChI is InChI=1S/C23H21N3O4/c1-13-20(17-10-8-15(12-18(17)24)22(27)29-2)21-16-7-5-4-6-14(16)9-11-19(21)26(13)25-23(28)30-3/h4-12H,24H2,1-3H3,(H,25,28). The first-order chi connectivity index (χ1) is 14.5. The molecule has 0 atom stereocenters. The van der Waals surface area contributed by atoms with Crippen LogP contribution in [0.1, 0.15) is 16.1 Å². The molecule has 0 unspecified atom stereocenters. The van der Waals surface area contributed by atoms with Crippen LogP contribution in [0.4, 0.5) is 10.5 Å². The van der Waals surface area contributed by atoms with Crippen LogP contribution in [0.15, 0.2) is 54.6 Å². The van der Waals surface area contributed by atoms with Gasteiger partial charge in [-0.2, -0.15) is 0 Å². The third-order valence-electron chi connectivity index (χ3n) is 5.23. The highest BCUT2D eigenvalue weighted by atomic mass is 16.5. The zero-order valence-corrected chi connectivity index (χ0v) is 16.9. The molecule has 3 N–H and O–H groups in total. The average Bonchev–Trinajstić information content (AvgIpc) is 3.04. The fourth-order valence-electron chi connectivity index (χ4n) is 3.83. The van der Waals surface area contributed by atoms with Crippen molar-refractivity contribution in [1.29, 1.82) is 0 Å². The molecule has 152 valence electrons. The van der Waals surface area contributed by atoms with Crippen molar-refractivity contribution in [1.82, 2.24) is 4.68 Å². The van der Waals surface area contributed by atoms with Crippen molar-refractivity contribution in [3.8, 4) is 11.1 Å². The van der Waals surface area contributed by atoms with Crippen molar-refractivity contribution >= 4 is 39.4 Å². The van der Waals surface area contributed by atoms with Crippen LogP contribution in [0, 0.1) is 6.92 Å². The van der Waals surface area contributed by atoms with Crippen molar-refractivity contribution in [3.63, 3.8) is 0 Å². The molecular formula is C23H21N3O4. The summed E-state index contributed by atoms with van der Waals surface area (Å²) in [4.78, 5) is 23.9. The summed E-state index contributed by atoms with van der Waals surface area (Å²) < 4.78 is 11.3. The zero-order valence-electron chi connectivity index (χ0n) is 16.9. The van der Waals surface area contributed by atoms with E-state index in [9.17, 15) is 9.59 Å². The van der Waals surface area contributed by atoms with Gasteiger partial charge in [0.1, 0.15) is 0 Å². The number of carbonyl (C=O) groups excluding carboxylic acids is 2. The maximum Gasteiger partial charge on any atom is 0.426 e. The molecule has 0 saturated heterocycles. The van der Waals surface area contributed by atoms with Gasteiger partial charge in [-0.15, -0.1) is 0 Å². The van der Waals surface area contributed by atoms with Crippen LogP contribution in [-0.4, -0.2) is 31.0 Å². The van der Waals surface area contributed by atoms with Crippen LogP contribution < -0.4 is 11.2 Å². The lowest BCUT2D eigenvalue weighted by atomic mass is 9.96. The summed E-state index contributed by atoms with van der Waals surface area (Å²) in [7, 11) is 2.64. The Hall–Kier alpha value is -4.00. The lowest BCUT2D eigenvalue weighted by molar-refractivity contribution is 0.0600. The van der Waals surface area contributed by atoms with Crippen molar-refractivity contribution < 1.29 is 19.1 Å². The van der Waals surface area contributed by atoms with E-state index in [4.69, 9.17) is 15.2 Å². The second-order valence-corrected chi connectivity index (χ2v) is 6.87. The predicted molar refractivity (Wildman–Crippen MR) is 117 cm³/mol. The number of rotatable bonds is 3. The van der Waals surface area contributed by atoms with Crippen LogP contribution in [0.3, 0.4) is 0 Å². The maximum atomic E-state index is 12.0. The first-order valence-corrected chi connectivity index (χ1v) is 9.32. The molecule has 0 radical (unpaired) electrons. The number of aromatic nitrogens is 1. The molecule has 4 aromatic rings. The molecule has 0 aliphatic carbocycles. The quantitative estimate of drug-likeness (QED) is 0.389. The van der Waals surface area contributed by atoms with Gasteiger partial charge in [-0.3, -0.25) is 4.68 Å². The fraction of sp³-hybridized carbons (Fsp3) is 0.130. The molecule has 0 aliphatic rings. The number of benzene rings is 3. The molecule has 7 nitrogen and oxygen atoms in total. The Bertz CT molecular complexity index is 1310. The number of nitrogen functional groups attached to an aromatic ring is 1. The number of nitrogens with one attached hydrogen (secondary N) is 1. The Morgan fingerprint density at radius 2 is 1.77 bits per heavy atom. The van der Waals surface area contributed by atoms with Crippen molar-refractivity contribution in [3.05, 3.63) is 65.9 Å². The first-order valence-electron chi connectivity index (χ1n) is 9.32.